The van der Waals surface area contributed by atoms with Gasteiger partial charge in [-0.3, -0.25) is 9.69 Å². The molecule has 0 bridgehead atoms. The van der Waals surface area contributed by atoms with Gasteiger partial charge in [-0.2, -0.15) is 0 Å². The van der Waals surface area contributed by atoms with Crippen LogP contribution in [0.4, 0.5) is 5.69 Å². The summed E-state index contributed by atoms with van der Waals surface area (Å²) in [6.45, 7) is 4.39. The molecule has 0 saturated carbocycles. The first-order chi connectivity index (χ1) is 15.3. The summed E-state index contributed by atoms with van der Waals surface area (Å²) >= 11 is 19.1. The molecule has 3 nitrogen and oxygen atoms in total. The fourth-order valence-electron chi connectivity index (χ4n) is 3.25. The number of nitrogens with zero attached hydrogens (tertiary/aromatic N) is 1. The molecule has 1 heterocycles. The van der Waals surface area contributed by atoms with Crippen molar-refractivity contribution in [3.63, 3.8) is 0 Å². The summed E-state index contributed by atoms with van der Waals surface area (Å²) in [6, 6.07) is 18.7. The number of thiocarbonyl (C=S) groups is 1. The zero-order chi connectivity index (χ0) is 22.8. The minimum atomic E-state index is -0.163. The predicted molar refractivity (Wildman–Crippen MR) is 139 cm³/mol. The highest BCUT2D eigenvalue weighted by Gasteiger charge is 2.33. The molecule has 0 aliphatic carbocycles. The number of halogens is 2. The molecule has 0 spiro atoms. The van der Waals surface area contributed by atoms with Crippen molar-refractivity contribution < 1.29 is 9.53 Å². The Balaban J connectivity index is 1.61. The van der Waals surface area contributed by atoms with Crippen molar-refractivity contribution in [2.24, 2.45) is 0 Å². The van der Waals surface area contributed by atoms with Crippen molar-refractivity contribution in [1.29, 1.82) is 0 Å². The maximum atomic E-state index is 13.2. The molecular formula is C25H19Cl2NO2S2. The smallest absolute Gasteiger partial charge is 0.270 e. The maximum absolute atomic E-state index is 13.2. The van der Waals surface area contributed by atoms with Crippen molar-refractivity contribution >= 4 is 69.2 Å². The number of hydrogen-bond acceptors (Lipinski definition) is 4. The van der Waals surface area contributed by atoms with Gasteiger partial charge in [0.1, 0.15) is 12.4 Å². The van der Waals surface area contributed by atoms with Crippen LogP contribution >= 0.6 is 47.2 Å². The summed E-state index contributed by atoms with van der Waals surface area (Å²) in [5, 5.41) is 1.20. The van der Waals surface area contributed by atoms with Crippen molar-refractivity contribution in [3.05, 3.63) is 97.9 Å². The second-order valence-corrected chi connectivity index (χ2v) is 9.94. The molecule has 4 rings (SSSR count). The zero-order valence-electron chi connectivity index (χ0n) is 17.4. The third-order valence-electron chi connectivity index (χ3n) is 5.08. The van der Waals surface area contributed by atoms with Gasteiger partial charge >= 0.3 is 0 Å². The van der Waals surface area contributed by atoms with E-state index in [1.54, 1.807) is 29.2 Å². The normalized spacial score (nSPS) is 15.0. The maximum Gasteiger partial charge on any atom is 0.270 e. The van der Waals surface area contributed by atoms with E-state index in [1.165, 1.54) is 11.8 Å². The molecule has 3 aromatic carbocycles. The third-order valence-corrected chi connectivity index (χ3v) is 6.86. The number of amides is 1. The lowest BCUT2D eigenvalue weighted by Gasteiger charge is -2.16. The van der Waals surface area contributed by atoms with Gasteiger partial charge in [0.2, 0.25) is 0 Å². The highest BCUT2D eigenvalue weighted by Crippen LogP contribution is 2.38. The monoisotopic (exact) mass is 499 g/mol. The Bertz CT molecular complexity index is 1260. The van der Waals surface area contributed by atoms with Crippen molar-refractivity contribution in [1.82, 2.24) is 0 Å². The molecule has 1 aliphatic rings. The molecule has 1 aliphatic heterocycles. The zero-order valence-corrected chi connectivity index (χ0v) is 20.5. The Morgan fingerprint density at radius 2 is 1.78 bits per heavy atom. The standard InChI is InChI=1S/C25H19Cl2NO2S2/c1-15-6-8-21(10-16(15)2)28-24(29)23(32-25(28)31)13-18-12-20(27)7-9-22(18)30-14-17-4-3-5-19(26)11-17/h3-13H,14H2,1-2H3. The van der Waals surface area contributed by atoms with Gasteiger partial charge in [-0.05, 0) is 79.1 Å². The average Bonchev–Trinajstić information content (AvgIpc) is 3.02. The van der Waals surface area contributed by atoms with Crippen LogP contribution in [0.2, 0.25) is 10.0 Å². The van der Waals surface area contributed by atoms with Gasteiger partial charge in [-0.25, -0.2) is 0 Å². The van der Waals surface area contributed by atoms with Gasteiger partial charge in [0.05, 0.1) is 10.6 Å². The van der Waals surface area contributed by atoms with Gasteiger partial charge in [-0.15, -0.1) is 0 Å². The van der Waals surface area contributed by atoms with Crippen LogP contribution in [0.5, 0.6) is 5.75 Å². The lowest BCUT2D eigenvalue weighted by molar-refractivity contribution is -0.113. The largest absolute Gasteiger partial charge is 0.488 e. The average molecular weight is 500 g/mol. The lowest BCUT2D eigenvalue weighted by atomic mass is 10.1. The molecule has 1 amide bonds. The Morgan fingerprint density at radius 1 is 1.00 bits per heavy atom. The van der Waals surface area contributed by atoms with Gasteiger partial charge in [-0.1, -0.05) is 65.4 Å². The first-order valence-electron chi connectivity index (χ1n) is 9.84. The molecule has 32 heavy (non-hydrogen) atoms. The summed E-state index contributed by atoms with van der Waals surface area (Å²) in [6.07, 6.45) is 1.78. The molecule has 162 valence electrons. The Labute approximate surface area is 207 Å². The molecular weight excluding hydrogens is 481 g/mol. The minimum Gasteiger partial charge on any atom is -0.488 e. The fourth-order valence-corrected chi connectivity index (χ4v) is 4.93. The van der Waals surface area contributed by atoms with E-state index in [9.17, 15) is 4.79 Å². The molecule has 0 unspecified atom stereocenters. The van der Waals surface area contributed by atoms with Crippen LogP contribution in [-0.4, -0.2) is 10.2 Å². The molecule has 1 saturated heterocycles. The van der Waals surface area contributed by atoms with Gasteiger partial charge in [0.25, 0.3) is 5.91 Å². The predicted octanol–water partition coefficient (Wildman–Crippen LogP) is 7.60. The molecule has 3 aromatic rings. The highest BCUT2D eigenvalue weighted by molar-refractivity contribution is 8.27. The second-order valence-electron chi connectivity index (χ2n) is 7.39. The van der Waals surface area contributed by atoms with E-state index in [0.717, 1.165) is 22.4 Å². The topological polar surface area (TPSA) is 29.5 Å². The fraction of sp³-hybridized carbons (Fsp3) is 0.120. The molecule has 0 aromatic heterocycles. The summed E-state index contributed by atoms with van der Waals surface area (Å²) in [5.74, 6) is 0.454. The number of ether oxygens (including phenoxy) is 1. The van der Waals surface area contributed by atoms with E-state index < -0.39 is 0 Å². The quantitative estimate of drug-likeness (QED) is 0.267. The third kappa shape index (κ3) is 5.02. The van der Waals surface area contributed by atoms with Gasteiger partial charge in [0.15, 0.2) is 4.32 Å². The summed E-state index contributed by atoms with van der Waals surface area (Å²) in [4.78, 5) is 15.3. The first kappa shape index (κ1) is 22.9. The van der Waals surface area contributed by atoms with Gasteiger partial charge < -0.3 is 4.74 Å². The van der Waals surface area contributed by atoms with Crippen LogP contribution in [0.15, 0.2) is 65.6 Å². The first-order valence-corrected chi connectivity index (χ1v) is 11.8. The lowest BCUT2D eigenvalue weighted by Crippen LogP contribution is -2.27. The van der Waals surface area contributed by atoms with Crippen molar-refractivity contribution in [3.8, 4) is 5.75 Å². The Morgan fingerprint density at radius 3 is 2.53 bits per heavy atom. The van der Waals surface area contributed by atoms with Crippen LogP contribution in [-0.2, 0) is 11.4 Å². The van der Waals surface area contributed by atoms with Crippen LogP contribution in [0.25, 0.3) is 6.08 Å². The second kappa shape index (κ2) is 9.67. The van der Waals surface area contributed by atoms with Crippen LogP contribution in [0.1, 0.15) is 22.3 Å². The summed E-state index contributed by atoms with van der Waals surface area (Å²) < 4.78 is 6.51. The number of thioether (sulfide) groups is 1. The molecule has 0 atom stereocenters. The van der Waals surface area contributed by atoms with E-state index in [-0.39, 0.29) is 5.91 Å². The Kier molecular flexibility index (Phi) is 6.91. The van der Waals surface area contributed by atoms with Crippen molar-refractivity contribution in [2.75, 3.05) is 4.90 Å². The number of aryl methyl sites for hydroxylation is 2. The molecule has 7 heteroatoms. The number of anilines is 1. The number of carbonyl (C=O) groups is 1. The molecule has 0 radical (unpaired) electrons. The highest BCUT2D eigenvalue weighted by atomic mass is 35.5. The number of benzene rings is 3. The van der Waals surface area contributed by atoms with E-state index in [1.807, 2.05) is 56.3 Å². The van der Waals surface area contributed by atoms with Gasteiger partial charge in [0, 0.05) is 15.6 Å². The van der Waals surface area contributed by atoms with Crippen molar-refractivity contribution in [2.45, 2.75) is 20.5 Å². The number of hydrogen-bond donors (Lipinski definition) is 0. The SMILES string of the molecule is Cc1ccc(N2C(=O)C(=Cc3cc(Cl)ccc3OCc3cccc(Cl)c3)SC2=S)cc1C. The number of rotatable bonds is 5. The van der Waals surface area contributed by atoms with E-state index in [4.69, 9.17) is 40.2 Å². The molecule has 1 fully saturated rings. The van der Waals surface area contributed by atoms with E-state index in [0.29, 0.717) is 37.2 Å². The van der Waals surface area contributed by atoms with E-state index in [2.05, 4.69) is 0 Å². The summed E-state index contributed by atoms with van der Waals surface area (Å²) in [7, 11) is 0. The van der Waals surface area contributed by atoms with E-state index >= 15 is 0 Å². The van der Waals surface area contributed by atoms with Crippen LogP contribution in [0, 0.1) is 13.8 Å². The van der Waals surface area contributed by atoms with Crippen LogP contribution in [0.3, 0.4) is 0 Å². The number of carbonyl (C=O) groups excluding carboxylic acids is 1. The Hall–Kier alpha value is -2.31. The minimum absolute atomic E-state index is 0.163. The van der Waals surface area contributed by atoms with Crippen LogP contribution < -0.4 is 9.64 Å². The molecule has 0 N–H and O–H groups in total. The summed E-state index contributed by atoms with van der Waals surface area (Å²) in [5.41, 5.74) is 4.68.